The van der Waals surface area contributed by atoms with Gasteiger partial charge in [-0.15, -0.1) is 0 Å². The molecule has 0 bridgehead atoms. The third-order valence-corrected chi connectivity index (χ3v) is 2.88. The first-order valence-electron chi connectivity index (χ1n) is 5.43. The van der Waals surface area contributed by atoms with Crippen molar-refractivity contribution < 1.29 is 4.79 Å². The highest BCUT2D eigenvalue weighted by Crippen LogP contribution is 2.32. The van der Waals surface area contributed by atoms with Crippen LogP contribution in [0.15, 0.2) is 18.7 Å². The van der Waals surface area contributed by atoms with Crippen molar-refractivity contribution in [1.82, 2.24) is 14.9 Å². The topological polar surface area (TPSA) is 72.1 Å². The number of carbonyl (C=O) groups is 1. The molecule has 2 atom stereocenters. The Labute approximate surface area is 94.7 Å². The van der Waals surface area contributed by atoms with Gasteiger partial charge in [-0.1, -0.05) is 0 Å². The van der Waals surface area contributed by atoms with Crippen LogP contribution in [0, 0.1) is 0 Å². The molecule has 1 aromatic rings. The zero-order chi connectivity index (χ0) is 11.7. The van der Waals surface area contributed by atoms with Crippen molar-refractivity contribution in [2.45, 2.75) is 38.4 Å². The summed E-state index contributed by atoms with van der Waals surface area (Å²) < 4.78 is 0. The van der Waals surface area contributed by atoms with Gasteiger partial charge in [-0.05, 0) is 13.8 Å². The fourth-order valence-electron chi connectivity index (χ4n) is 2.26. The van der Waals surface area contributed by atoms with Crippen LogP contribution in [-0.4, -0.2) is 32.9 Å². The summed E-state index contributed by atoms with van der Waals surface area (Å²) in [6, 6.07) is -0.110. The van der Waals surface area contributed by atoms with Crippen molar-refractivity contribution in [2.75, 3.05) is 0 Å². The van der Waals surface area contributed by atoms with Gasteiger partial charge in [0.15, 0.2) is 0 Å². The number of rotatable bonds is 2. The van der Waals surface area contributed by atoms with E-state index in [1.807, 2.05) is 18.7 Å². The number of amides is 1. The number of hydrogen-bond donors (Lipinski definition) is 1. The first kappa shape index (κ1) is 11.0. The molecule has 0 radical (unpaired) electrons. The maximum Gasteiger partial charge on any atom is 0.225 e. The second-order valence-corrected chi connectivity index (χ2v) is 4.38. The third kappa shape index (κ3) is 1.78. The highest BCUT2D eigenvalue weighted by molar-refractivity contribution is 5.80. The maximum absolute atomic E-state index is 11.8. The summed E-state index contributed by atoms with van der Waals surface area (Å²) in [5.41, 5.74) is 6.92. The molecule has 16 heavy (non-hydrogen) atoms. The standard InChI is InChI=1S/C11H16N4O/c1-7(2)15-10(16)3-9(12)11(15)8-4-13-6-14-5-8/h4-7,9,11H,3,12H2,1-2H3/t9-,11+/m0/s1. The van der Waals surface area contributed by atoms with Crippen LogP contribution in [0.2, 0.25) is 0 Å². The molecule has 1 fully saturated rings. The van der Waals surface area contributed by atoms with E-state index < -0.39 is 0 Å². The molecule has 5 nitrogen and oxygen atoms in total. The van der Waals surface area contributed by atoms with E-state index in [4.69, 9.17) is 5.73 Å². The second kappa shape index (κ2) is 4.17. The largest absolute Gasteiger partial charge is 0.331 e. The maximum atomic E-state index is 11.8. The average Bonchev–Trinajstić information content (AvgIpc) is 2.55. The minimum atomic E-state index is -0.166. The lowest BCUT2D eigenvalue weighted by molar-refractivity contribution is -0.130. The highest BCUT2D eigenvalue weighted by Gasteiger charge is 2.40. The molecule has 0 spiro atoms. The summed E-state index contributed by atoms with van der Waals surface area (Å²) in [4.78, 5) is 21.6. The molecule has 1 saturated heterocycles. The van der Waals surface area contributed by atoms with Crippen molar-refractivity contribution in [3.8, 4) is 0 Å². The zero-order valence-electron chi connectivity index (χ0n) is 9.50. The molecule has 2 heterocycles. The molecule has 2 rings (SSSR count). The molecule has 0 saturated carbocycles. The lowest BCUT2D eigenvalue weighted by atomic mass is 10.0. The SMILES string of the molecule is CC(C)N1C(=O)C[C@H](N)[C@H]1c1cncnc1. The van der Waals surface area contributed by atoms with E-state index in [9.17, 15) is 4.79 Å². The van der Waals surface area contributed by atoms with Gasteiger partial charge in [0.05, 0.1) is 6.04 Å². The van der Waals surface area contributed by atoms with E-state index in [0.717, 1.165) is 5.56 Å². The first-order valence-corrected chi connectivity index (χ1v) is 5.43. The van der Waals surface area contributed by atoms with E-state index in [-0.39, 0.29) is 24.0 Å². The summed E-state index contributed by atoms with van der Waals surface area (Å²) in [6.07, 6.45) is 5.33. The van der Waals surface area contributed by atoms with Gasteiger partial charge in [0.2, 0.25) is 5.91 Å². The molecule has 0 aromatic carbocycles. The Morgan fingerprint density at radius 2 is 2.06 bits per heavy atom. The summed E-state index contributed by atoms with van der Waals surface area (Å²) in [5, 5.41) is 0. The van der Waals surface area contributed by atoms with E-state index in [0.29, 0.717) is 6.42 Å². The van der Waals surface area contributed by atoms with Crippen LogP contribution in [0.5, 0.6) is 0 Å². The minimum Gasteiger partial charge on any atom is -0.331 e. The number of nitrogens with zero attached hydrogens (tertiary/aromatic N) is 3. The Morgan fingerprint density at radius 1 is 1.44 bits per heavy atom. The van der Waals surface area contributed by atoms with Crippen molar-refractivity contribution in [3.05, 3.63) is 24.3 Å². The number of aromatic nitrogens is 2. The predicted molar refractivity (Wildman–Crippen MR) is 59.3 cm³/mol. The van der Waals surface area contributed by atoms with Crippen LogP contribution in [0.1, 0.15) is 31.9 Å². The number of nitrogens with two attached hydrogens (primary N) is 1. The molecule has 0 unspecified atom stereocenters. The van der Waals surface area contributed by atoms with Crippen LogP contribution in [-0.2, 0) is 4.79 Å². The normalized spacial score (nSPS) is 25.5. The van der Waals surface area contributed by atoms with Crippen LogP contribution >= 0.6 is 0 Å². The van der Waals surface area contributed by atoms with Crippen molar-refractivity contribution in [3.63, 3.8) is 0 Å². The molecule has 0 aliphatic carbocycles. The molecule has 1 amide bonds. The van der Waals surface area contributed by atoms with Crippen LogP contribution in [0.25, 0.3) is 0 Å². The van der Waals surface area contributed by atoms with Crippen molar-refractivity contribution in [1.29, 1.82) is 0 Å². The van der Waals surface area contributed by atoms with Gasteiger partial charge in [-0.25, -0.2) is 9.97 Å². The fraction of sp³-hybridized carbons (Fsp3) is 0.545. The van der Waals surface area contributed by atoms with Gasteiger partial charge < -0.3 is 10.6 Å². The summed E-state index contributed by atoms with van der Waals surface area (Å²) in [5.74, 6) is 0.108. The molecule has 86 valence electrons. The van der Waals surface area contributed by atoms with E-state index >= 15 is 0 Å². The monoisotopic (exact) mass is 220 g/mol. The van der Waals surface area contributed by atoms with Crippen LogP contribution in [0.3, 0.4) is 0 Å². The Bertz CT molecular complexity index is 379. The molecule has 2 N–H and O–H groups in total. The van der Waals surface area contributed by atoms with Crippen LogP contribution < -0.4 is 5.73 Å². The minimum absolute atomic E-state index is 0.0892. The number of likely N-dealkylation sites (tertiary alicyclic amines) is 1. The smallest absolute Gasteiger partial charge is 0.225 e. The zero-order valence-corrected chi connectivity index (χ0v) is 9.50. The third-order valence-electron chi connectivity index (χ3n) is 2.88. The molecule has 1 aliphatic heterocycles. The number of carbonyl (C=O) groups excluding carboxylic acids is 1. The molecule has 1 aromatic heterocycles. The van der Waals surface area contributed by atoms with Gasteiger partial charge in [-0.3, -0.25) is 4.79 Å². The lowest BCUT2D eigenvalue weighted by Crippen LogP contribution is -2.37. The Balaban J connectivity index is 2.34. The first-order chi connectivity index (χ1) is 7.61. The quantitative estimate of drug-likeness (QED) is 0.787. The van der Waals surface area contributed by atoms with Crippen LogP contribution in [0.4, 0.5) is 0 Å². The van der Waals surface area contributed by atoms with Gasteiger partial charge in [0.1, 0.15) is 6.33 Å². The van der Waals surface area contributed by atoms with E-state index in [2.05, 4.69) is 9.97 Å². The average molecular weight is 220 g/mol. The van der Waals surface area contributed by atoms with Crippen molar-refractivity contribution in [2.24, 2.45) is 5.73 Å². The van der Waals surface area contributed by atoms with Gasteiger partial charge in [0.25, 0.3) is 0 Å². The van der Waals surface area contributed by atoms with Gasteiger partial charge in [-0.2, -0.15) is 0 Å². The predicted octanol–water partition coefficient (Wildman–Crippen LogP) is 0.486. The Morgan fingerprint density at radius 3 is 2.62 bits per heavy atom. The fourth-order valence-corrected chi connectivity index (χ4v) is 2.26. The van der Waals surface area contributed by atoms with Gasteiger partial charge >= 0.3 is 0 Å². The molecular weight excluding hydrogens is 204 g/mol. The summed E-state index contributed by atoms with van der Waals surface area (Å²) in [6.45, 7) is 3.99. The van der Waals surface area contributed by atoms with E-state index in [1.165, 1.54) is 6.33 Å². The van der Waals surface area contributed by atoms with E-state index in [1.54, 1.807) is 12.4 Å². The lowest BCUT2D eigenvalue weighted by Gasteiger charge is -2.30. The summed E-state index contributed by atoms with van der Waals surface area (Å²) in [7, 11) is 0. The molecule has 5 heteroatoms. The second-order valence-electron chi connectivity index (χ2n) is 4.38. The van der Waals surface area contributed by atoms with Crippen molar-refractivity contribution >= 4 is 5.91 Å². The molecule has 1 aliphatic rings. The van der Waals surface area contributed by atoms with Gasteiger partial charge in [0, 0.05) is 36.5 Å². The Kier molecular flexibility index (Phi) is 2.87. The number of hydrogen-bond acceptors (Lipinski definition) is 4. The molecular formula is C11H16N4O. The highest BCUT2D eigenvalue weighted by atomic mass is 16.2. The summed E-state index contributed by atoms with van der Waals surface area (Å²) >= 11 is 0. The Hall–Kier alpha value is -1.49.